The normalized spacial score (nSPS) is 22.7. The van der Waals surface area contributed by atoms with Crippen molar-refractivity contribution in [1.29, 1.82) is 0 Å². The molecule has 0 bridgehead atoms. The van der Waals surface area contributed by atoms with Crippen LogP contribution in [-0.2, 0) is 6.42 Å². The fraction of sp³-hybridized carbons (Fsp3) is 0.375. The van der Waals surface area contributed by atoms with E-state index in [4.69, 9.17) is 0 Å². The summed E-state index contributed by atoms with van der Waals surface area (Å²) in [6.07, 6.45) is 4.10. The van der Waals surface area contributed by atoms with Gasteiger partial charge in [0.05, 0.1) is 0 Å². The van der Waals surface area contributed by atoms with Crippen LogP contribution in [0.3, 0.4) is 0 Å². The number of pyridine rings is 1. The second kappa shape index (κ2) is 2.27. The maximum absolute atomic E-state index is 4.43. The summed E-state index contributed by atoms with van der Waals surface area (Å²) >= 11 is 4.43. The number of thiol groups is 1. The summed E-state index contributed by atoms with van der Waals surface area (Å²) in [7, 11) is 0. The first-order chi connectivity index (χ1) is 4.88. The van der Waals surface area contributed by atoms with Gasteiger partial charge in [0.2, 0.25) is 0 Å². The van der Waals surface area contributed by atoms with Crippen molar-refractivity contribution >= 4 is 12.6 Å². The maximum Gasteiger partial charge on any atom is 0.0447 e. The third kappa shape index (κ3) is 0.833. The quantitative estimate of drug-likeness (QED) is 0.559. The minimum Gasteiger partial charge on any atom is -0.261 e. The summed E-state index contributed by atoms with van der Waals surface area (Å²) in [6.45, 7) is 0. The Bertz CT molecular complexity index is 247. The average molecular weight is 151 g/mol. The van der Waals surface area contributed by atoms with Crippen molar-refractivity contribution in [3.05, 3.63) is 29.6 Å². The van der Waals surface area contributed by atoms with Gasteiger partial charge in [-0.15, -0.1) is 0 Å². The van der Waals surface area contributed by atoms with Gasteiger partial charge in [0.25, 0.3) is 0 Å². The molecule has 1 aromatic heterocycles. The standard InChI is InChI=1S/C8H9NS/c10-8-4-3-7-6(8)2-1-5-9-7/h1-2,5,8,10H,3-4H2. The molecule has 1 unspecified atom stereocenters. The highest BCUT2D eigenvalue weighted by Crippen LogP contribution is 2.33. The van der Waals surface area contributed by atoms with Crippen LogP contribution in [0.5, 0.6) is 0 Å². The summed E-state index contributed by atoms with van der Waals surface area (Å²) < 4.78 is 0. The first kappa shape index (κ1) is 6.23. The Kier molecular flexibility index (Phi) is 1.42. The summed E-state index contributed by atoms with van der Waals surface area (Å²) in [5.41, 5.74) is 2.56. The molecule has 0 aromatic carbocycles. The fourth-order valence-electron chi connectivity index (χ4n) is 1.39. The summed E-state index contributed by atoms with van der Waals surface area (Å²) in [4.78, 5) is 4.26. The topological polar surface area (TPSA) is 12.9 Å². The van der Waals surface area contributed by atoms with E-state index in [0.717, 1.165) is 12.8 Å². The number of aromatic nitrogens is 1. The van der Waals surface area contributed by atoms with E-state index < -0.39 is 0 Å². The largest absolute Gasteiger partial charge is 0.261 e. The van der Waals surface area contributed by atoms with Gasteiger partial charge < -0.3 is 0 Å². The lowest BCUT2D eigenvalue weighted by Gasteiger charge is -1.99. The van der Waals surface area contributed by atoms with Crippen molar-refractivity contribution in [3.8, 4) is 0 Å². The highest BCUT2D eigenvalue weighted by atomic mass is 32.1. The summed E-state index contributed by atoms with van der Waals surface area (Å²) in [5.74, 6) is 0. The molecule has 1 aliphatic rings. The van der Waals surface area contributed by atoms with Gasteiger partial charge in [0.1, 0.15) is 0 Å². The lowest BCUT2D eigenvalue weighted by Crippen LogP contribution is -1.85. The van der Waals surface area contributed by atoms with E-state index >= 15 is 0 Å². The van der Waals surface area contributed by atoms with Crippen molar-refractivity contribution < 1.29 is 0 Å². The first-order valence-corrected chi connectivity index (χ1v) is 4.01. The number of nitrogens with zero attached hydrogens (tertiary/aromatic N) is 1. The Hall–Kier alpha value is -0.500. The molecule has 1 heterocycles. The molecule has 0 spiro atoms. The molecule has 1 aliphatic carbocycles. The van der Waals surface area contributed by atoms with Crippen LogP contribution in [0.15, 0.2) is 18.3 Å². The van der Waals surface area contributed by atoms with Gasteiger partial charge in [-0.1, -0.05) is 6.07 Å². The van der Waals surface area contributed by atoms with Crippen LogP contribution < -0.4 is 0 Å². The molecule has 10 heavy (non-hydrogen) atoms. The number of aryl methyl sites for hydroxylation is 1. The molecule has 52 valence electrons. The first-order valence-electron chi connectivity index (χ1n) is 3.50. The van der Waals surface area contributed by atoms with Crippen LogP contribution in [0, 0.1) is 0 Å². The van der Waals surface area contributed by atoms with Crippen LogP contribution >= 0.6 is 12.6 Å². The molecular weight excluding hydrogens is 142 g/mol. The Labute approximate surface area is 65.9 Å². The predicted molar refractivity (Wildman–Crippen MR) is 44.3 cm³/mol. The molecule has 1 aromatic rings. The van der Waals surface area contributed by atoms with Gasteiger partial charge >= 0.3 is 0 Å². The van der Waals surface area contributed by atoms with Gasteiger partial charge in [-0.25, -0.2) is 0 Å². The fourth-order valence-corrected chi connectivity index (χ4v) is 1.76. The van der Waals surface area contributed by atoms with E-state index in [1.54, 1.807) is 0 Å². The highest BCUT2D eigenvalue weighted by molar-refractivity contribution is 7.80. The van der Waals surface area contributed by atoms with Crippen LogP contribution in [-0.4, -0.2) is 4.98 Å². The van der Waals surface area contributed by atoms with Crippen LogP contribution in [0.1, 0.15) is 22.9 Å². The zero-order valence-electron chi connectivity index (χ0n) is 5.62. The smallest absolute Gasteiger partial charge is 0.0447 e. The zero-order valence-corrected chi connectivity index (χ0v) is 6.51. The van der Waals surface area contributed by atoms with E-state index in [0.29, 0.717) is 5.25 Å². The Morgan fingerprint density at radius 2 is 2.50 bits per heavy atom. The zero-order chi connectivity index (χ0) is 6.97. The van der Waals surface area contributed by atoms with E-state index in [9.17, 15) is 0 Å². The maximum atomic E-state index is 4.43. The van der Waals surface area contributed by atoms with Crippen molar-refractivity contribution in [2.75, 3.05) is 0 Å². The van der Waals surface area contributed by atoms with E-state index in [2.05, 4.69) is 23.7 Å². The van der Waals surface area contributed by atoms with Crippen molar-refractivity contribution in [2.45, 2.75) is 18.1 Å². The van der Waals surface area contributed by atoms with E-state index in [1.807, 2.05) is 12.3 Å². The predicted octanol–water partition coefficient (Wildman–Crippen LogP) is 2.00. The molecule has 0 saturated heterocycles. The van der Waals surface area contributed by atoms with Crippen LogP contribution in [0.2, 0.25) is 0 Å². The van der Waals surface area contributed by atoms with Crippen LogP contribution in [0.4, 0.5) is 0 Å². The van der Waals surface area contributed by atoms with Gasteiger partial charge in [0, 0.05) is 17.1 Å². The Balaban J connectivity index is 2.51. The third-order valence-corrected chi connectivity index (χ3v) is 2.48. The van der Waals surface area contributed by atoms with Crippen molar-refractivity contribution in [1.82, 2.24) is 4.98 Å². The number of hydrogen-bond donors (Lipinski definition) is 1. The second-order valence-corrected chi connectivity index (χ2v) is 3.22. The lowest BCUT2D eigenvalue weighted by atomic mass is 10.2. The average Bonchev–Trinajstić information content (AvgIpc) is 2.34. The van der Waals surface area contributed by atoms with E-state index in [1.165, 1.54) is 11.3 Å². The van der Waals surface area contributed by atoms with Crippen LogP contribution in [0.25, 0.3) is 0 Å². The van der Waals surface area contributed by atoms with Gasteiger partial charge in [-0.05, 0) is 24.5 Å². The molecule has 0 aliphatic heterocycles. The SMILES string of the molecule is SC1CCc2ncccc21. The minimum atomic E-state index is 0.434. The molecule has 0 N–H and O–H groups in total. The van der Waals surface area contributed by atoms with Gasteiger partial charge in [0.15, 0.2) is 0 Å². The summed E-state index contributed by atoms with van der Waals surface area (Å²) in [5, 5.41) is 0.434. The number of rotatable bonds is 0. The van der Waals surface area contributed by atoms with Crippen molar-refractivity contribution in [3.63, 3.8) is 0 Å². The molecule has 0 fully saturated rings. The monoisotopic (exact) mass is 151 g/mol. The molecule has 0 amide bonds. The molecule has 2 rings (SSSR count). The van der Waals surface area contributed by atoms with Gasteiger partial charge in [-0.2, -0.15) is 12.6 Å². The molecular formula is C8H9NS. The molecule has 0 saturated carbocycles. The molecule has 1 atom stereocenters. The minimum absolute atomic E-state index is 0.434. The lowest BCUT2D eigenvalue weighted by molar-refractivity contribution is 0.886. The summed E-state index contributed by atoms with van der Waals surface area (Å²) in [6, 6.07) is 4.10. The number of hydrogen-bond acceptors (Lipinski definition) is 2. The third-order valence-electron chi connectivity index (χ3n) is 1.94. The molecule has 1 nitrogen and oxygen atoms in total. The Morgan fingerprint density at radius 3 is 3.30 bits per heavy atom. The van der Waals surface area contributed by atoms with Gasteiger partial charge in [-0.3, -0.25) is 4.98 Å². The highest BCUT2D eigenvalue weighted by Gasteiger charge is 2.18. The number of fused-ring (bicyclic) bond motifs is 1. The second-order valence-electron chi connectivity index (χ2n) is 2.59. The molecule has 2 heteroatoms. The van der Waals surface area contributed by atoms with Crippen molar-refractivity contribution in [2.24, 2.45) is 0 Å². The Morgan fingerprint density at radius 1 is 1.60 bits per heavy atom. The molecule has 0 radical (unpaired) electrons. The van der Waals surface area contributed by atoms with E-state index in [-0.39, 0.29) is 0 Å².